The number of carboxylic acids is 1. The molecule has 0 fully saturated rings. The molecule has 0 rings (SSSR count). The lowest BCUT2D eigenvalue weighted by Crippen LogP contribution is -2.23. The largest absolute Gasteiger partial charge is 0.481 e. The molecule has 0 radical (unpaired) electrons. The van der Waals surface area contributed by atoms with E-state index in [0.29, 0.717) is 6.42 Å². The fourth-order valence-corrected chi connectivity index (χ4v) is 2.31. The summed E-state index contributed by atoms with van der Waals surface area (Å²) in [5.74, 6) is -0.719. The minimum Gasteiger partial charge on any atom is -0.481 e. The molecule has 0 aromatic carbocycles. The smallest absolute Gasteiger partial charge is 0.303 e. The van der Waals surface area contributed by atoms with Gasteiger partial charge in [0.05, 0.1) is 0 Å². The standard InChI is InChI=1S/C18H33NO2/c1-5-19(6-2)15-9-13-17(4)11-7-10-16(3)12-8-14-18(20)21/h11-12H,5-10,13-15H2,1-4H3,(H,20,21)/b16-12+,17-11+. The Labute approximate surface area is 130 Å². The lowest BCUT2D eigenvalue weighted by Gasteiger charge is -2.17. The van der Waals surface area contributed by atoms with Gasteiger partial charge in [-0.3, -0.25) is 4.79 Å². The molecule has 0 aliphatic rings. The first-order valence-electron chi connectivity index (χ1n) is 8.25. The molecular formula is C18H33NO2. The van der Waals surface area contributed by atoms with Crippen molar-refractivity contribution in [3.05, 3.63) is 23.3 Å². The highest BCUT2D eigenvalue weighted by molar-refractivity contribution is 5.66. The second-order valence-corrected chi connectivity index (χ2v) is 5.70. The molecule has 0 spiro atoms. The van der Waals surface area contributed by atoms with Crippen LogP contribution < -0.4 is 0 Å². The van der Waals surface area contributed by atoms with Crippen molar-refractivity contribution >= 4 is 5.97 Å². The maximum atomic E-state index is 10.4. The molecule has 0 amide bonds. The highest BCUT2D eigenvalue weighted by Crippen LogP contribution is 2.11. The van der Waals surface area contributed by atoms with Gasteiger partial charge in [0.2, 0.25) is 0 Å². The molecule has 0 aliphatic carbocycles. The van der Waals surface area contributed by atoms with Gasteiger partial charge in [-0.15, -0.1) is 0 Å². The van der Waals surface area contributed by atoms with Crippen LogP contribution in [0.4, 0.5) is 0 Å². The molecule has 122 valence electrons. The molecule has 21 heavy (non-hydrogen) atoms. The predicted octanol–water partition coefficient (Wildman–Crippen LogP) is 4.65. The monoisotopic (exact) mass is 295 g/mol. The van der Waals surface area contributed by atoms with Gasteiger partial charge in [0.1, 0.15) is 0 Å². The number of allylic oxidation sites excluding steroid dienone is 4. The number of carboxylic acid groups (broad SMARTS) is 1. The Morgan fingerprint density at radius 1 is 0.952 bits per heavy atom. The van der Waals surface area contributed by atoms with Crippen LogP contribution in [0.5, 0.6) is 0 Å². The van der Waals surface area contributed by atoms with Crippen LogP contribution in [0.3, 0.4) is 0 Å². The van der Waals surface area contributed by atoms with Gasteiger partial charge in [0.25, 0.3) is 0 Å². The maximum absolute atomic E-state index is 10.4. The molecule has 0 saturated carbocycles. The Kier molecular flexibility index (Phi) is 12.0. The molecule has 0 heterocycles. The van der Waals surface area contributed by atoms with Crippen LogP contribution in [0.2, 0.25) is 0 Å². The first-order chi connectivity index (χ1) is 9.99. The van der Waals surface area contributed by atoms with E-state index in [4.69, 9.17) is 5.11 Å². The summed E-state index contributed by atoms with van der Waals surface area (Å²) < 4.78 is 0. The summed E-state index contributed by atoms with van der Waals surface area (Å²) in [6.45, 7) is 12.2. The zero-order valence-corrected chi connectivity index (χ0v) is 14.3. The summed E-state index contributed by atoms with van der Waals surface area (Å²) in [7, 11) is 0. The van der Waals surface area contributed by atoms with Crippen LogP contribution in [0, 0.1) is 0 Å². The molecule has 0 aliphatic heterocycles. The average molecular weight is 295 g/mol. The second kappa shape index (κ2) is 12.6. The van der Waals surface area contributed by atoms with E-state index in [1.54, 1.807) is 0 Å². The third kappa shape index (κ3) is 12.4. The van der Waals surface area contributed by atoms with Crippen LogP contribution in [-0.4, -0.2) is 35.6 Å². The van der Waals surface area contributed by atoms with Crippen LogP contribution in [0.1, 0.15) is 66.2 Å². The summed E-state index contributed by atoms with van der Waals surface area (Å²) in [5, 5.41) is 8.59. The van der Waals surface area contributed by atoms with Gasteiger partial charge < -0.3 is 10.0 Å². The van der Waals surface area contributed by atoms with E-state index in [2.05, 4.69) is 44.7 Å². The second-order valence-electron chi connectivity index (χ2n) is 5.70. The summed E-state index contributed by atoms with van der Waals surface area (Å²) in [6.07, 6.45) is 9.77. The van der Waals surface area contributed by atoms with Gasteiger partial charge in [0.15, 0.2) is 0 Å². The number of hydrogen-bond acceptors (Lipinski definition) is 2. The van der Waals surface area contributed by atoms with E-state index < -0.39 is 5.97 Å². The zero-order chi connectivity index (χ0) is 16.1. The Balaban J connectivity index is 3.83. The SMILES string of the molecule is CCN(CC)CCC/C(C)=C/CC/C(C)=C/CCC(=O)O. The lowest BCUT2D eigenvalue weighted by atomic mass is 10.1. The van der Waals surface area contributed by atoms with E-state index in [1.165, 1.54) is 30.5 Å². The van der Waals surface area contributed by atoms with E-state index >= 15 is 0 Å². The highest BCUT2D eigenvalue weighted by atomic mass is 16.4. The predicted molar refractivity (Wildman–Crippen MR) is 90.6 cm³/mol. The summed E-state index contributed by atoms with van der Waals surface area (Å²) in [5.41, 5.74) is 2.77. The van der Waals surface area contributed by atoms with Crippen LogP contribution in [0.25, 0.3) is 0 Å². The number of rotatable bonds is 12. The first-order valence-corrected chi connectivity index (χ1v) is 8.25. The Hall–Kier alpha value is -1.09. The van der Waals surface area contributed by atoms with Gasteiger partial charge in [0, 0.05) is 6.42 Å². The Morgan fingerprint density at radius 3 is 2.00 bits per heavy atom. The van der Waals surface area contributed by atoms with Crippen LogP contribution in [-0.2, 0) is 4.79 Å². The minimum absolute atomic E-state index is 0.234. The number of aliphatic carboxylic acids is 1. The van der Waals surface area contributed by atoms with E-state index in [9.17, 15) is 4.79 Å². The molecule has 3 nitrogen and oxygen atoms in total. The van der Waals surface area contributed by atoms with Gasteiger partial charge >= 0.3 is 5.97 Å². The fraction of sp³-hybridized carbons (Fsp3) is 0.722. The first kappa shape index (κ1) is 19.9. The average Bonchev–Trinajstić information content (AvgIpc) is 2.43. The van der Waals surface area contributed by atoms with Gasteiger partial charge in [-0.1, -0.05) is 37.1 Å². The van der Waals surface area contributed by atoms with Crippen molar-refractivity contribution in [1.82, 2.24) is 4.90 Å². The number of carbonyl (C=O) groups is 1. The van der Waals surface area contributed by atoms with Crippen molar-refractivity contribution in [3.63, 3.8) is 0 Å². The van der Waals surface area contributed by atoms with Crippen molar-refractivity contribution in [2.24, 2.45) is 0 Å². The summed E-state index contributed by atoms with van der Waals surface area (Å²) in [4.78, 5) is 12.9. The van der Waals surface area contributed by atoms with Crippen LogP contribution >= 0.6 is 0 Å². The maximum Gasteiger partial charge on any atom is 0.303 e. The molecule has 0 unspecified atom stereocenters. The normalized spacial score (nSPS) is 13.0. The Bertz CT molecular complexity index is 341. The van der Waals surface area contributed by atoms with E-state index in [-0.39, 0.29) is 6.42 Å². The lowest BCUT2D eigenvalue weighted by molar-refractivity contribution is -0.136. The van der Waals surface area contributed by atoms with Crippen molar-refractivity contribution in [2.75, 3.05) is 19.6 Å². The fourth-order valence-electron chi connectivity index (χ4n) is 2.31. The molecule has 3 heteroatoms. The topological polar surface area (TPSA) is 40.5 Å². The number of hydrogen-bond donors (Lipinski definition) is 1. The van der Waals surface area contributed by atoms with Crippen molar-refractivity contribution in [1.29, 1.82) is 0 Å². The quantitative estimate of drug-likeness (QED) is 0.533. The zero-order valence-electron chi connectivity index (χ0n) is 14.3. The van der Waals surface area contributed by atoms with Crippen molar-refractivity contribution < 1.29 is 9.90 Å². The minimum atomic E-state index is -0.719. The molecule has 0 atom stereocenters. The van der Waals surface area contributed by atoms with E-state index in [0.717, 1.165) is 25.9 Å². The molecule has 0 saturated heterocycles. The molecule has 1 N–H and O–H groups in total. The molecule has 0 aromatic rings. The van der Waals surface area contributed by atoms with Crippen LogP contribution in [0.15, 0.2) is 23.3 Å². The molecule has 0 bridgehead atoms. The van der Waals surface area contributed by atoms with E-state index in [1.807, 2.05) is 0 Å². The van der Waals surface area contributed by atoms with Gasteiger partial charge in [-0.25, -0.2) is 0 Å². The molecular weight excluding hydrogens is 262 g/mol. The Morgan fingerprint density at radius 2 is 1.48 bits per heavy atom. The summed E-state index contributed by atoms with van der Waals surface area (Å²) in [6, 6.07) is 0. The highest BCUT2D eigenvalue weighted by Gasteiger charge is 1.99. The van der Waals surface area contributed by atoms with Crippen molar-refractivity contribution in [2.45, 2.75) is 66.2 Å². The van der Waals surface area contributed by atoms with Crippen molar-refractivity contribution in [3.8, 4) is 0 Å². The molecule has 0 aromatic heterocycles. The third-order valence-corrected chi connectivity index (χ3v) is 3.82. The van der Waals surface area contributed by atoms with Gasteiger partial charge in [-0.2, -0.15) is 0 Å². The number of nitrogens with zero attached hydrogens (tertiary/aromatic N) is 1. The van der Waals surface area contributed by atoms with Gasteiger partial charge in [-0.05, 0) is 65.6 Å². The summed E-state index contributed by atoms with van der Waals surface area (Å²) >= 11 is 0. The third-order valence-electron chi connectivity index (χ3n) is 3.82.